The minimum atomic E-state index is 0.712. The van der Waals surface area contributed by atoms with Crippen LogP contribution >= 0.6 is 23.4 Å². The van der Waals surface area contributed by atoms with Gasteiger partial charge < -0.3 is 10.1 Å². The van der Waals surface area contributed by atoms with Crippen molar-refractivity contribution in [2.75, 3.05) is 5.73 Å². The fourth-order valence-corrected chi connectivity index (χ4v) is 3.13. The summed E-state index contributed by atoms with van der Waals surface area (Å²) in [6.07, 6.45) is 3.88. The van der Waals surface area contributed by atoms with Crippen LogP contribution in [0.3, 0.4) is 0 Å². The van der Waals surface area contributed by atoms with Crippen molar-refractivity contribution in [1.29, 1.82) is 0 Å². The van der Waals surface area contributed by atoms with Gasteiger partial charge in [-0.15, -0.1) is 11.8 Å². The number of hydrogen-bond acceptors (Lipinski definition) is 3. The van der Waals surface area contributed by atoms with Crippen LogP contribution in [0, 0.1) is 6.92 Å². The van der Waals surface area contributed by atoms with Crippen LogP contribution in [0.2, 0.25) is 5.02 Å². The van der Waals surface area contributed by atoms with Gasteiger partial charge in [0.05, 0.1) is 10.7 Å². The van der Waals surface area contributed by atoms with Gasteiger partial charge in [0.25, 0.3) is 0 Å². The molecule has 102 valence electrons. The second kappa shape index (κ2) is 5.38. The number of benzene rings is 1. The zero-order valence-electron chi connectivity index (χ0n) is 11.0. The maximum Gasteiger partial charge on any atom is 0.137 e. The number of hydrogen-bond donors (Lipinski definition) is 1. The molecular weight excluding hydrogens is 290 g/mol. The van der Waals surface area contributed by atoms with Gasteiger partial charge in [-0.3, -0.25) is 0 Å². The van der Waals surface area contributed by atoms with Crippen molar-refractivity contribution in [1.82, 2.24) is 9.38 Å². The van der Waals surface area contributed by atoms with Crippen LogP contribution in [0.25, 0.3) is 5.65 Å². The molecule has 0 radical (unpaired) electrons. The van der Waals surface area contributed by atoms with Crippen LogP contribution in [-0.2, 0) is 5.75 Å². The molecule has 3 rings (SSSR count). The first kappa shape index (κ1) is 13.3. The Bertz CT molecular complexity index is 767. The number of anilines is 1. The van der Waals surface area contributed by atoms with Crippen molar-refractivity contribution in [2.45, 2.75) is 17.6 Å². The van der Waals surface area contributed by atoms with Crippen LogP contribution in [0.4, 0.5) is 5.69 Å². The highest BCUT2D eigenvalue weighted by Gasteiger charge is 2.05. The minimum Gasteiger partial charge on any atom is -0.399 e. The lowest BCUT2D eigenvalue weighted by atomic mass is 10.2. The van der Waals surface area contributed by atoms with Crippen LogP contribution in [0.5, 0.6) is 0 Å². The summed E-state index contributed by atoms with van der Waals surface area (Å²) in [5, 5.41) is 0.712. The van der Waals surface area contributed by atoms with E-state index >= 15 is 0 Å². The van der Waals surface area contributed by atoms with Gasteiger partial charge in [0.2, 0.25) is 0 Å². The van der Waals surface area contributed by atoms with Gasteiger partial charge in [-0.05, 0) is 42.8 Å². The molecule has 0 atom stereocenters. The van der Waals surface area contributed by atoms with E-state index in [2.05, 4.69) is 18.0 Å². The summed E-state index contributed by atoms with van der Waals surface area (Å²) in [6, 6.07) is 9.75. The van der Waals surface area contributed by atoms with Gasteiger partial charge in [-0.2, -0.15) is 0 Å². The number of nitrogens with zero attached hydrogens (tertiary/aromatic N) is 2. The zero-order chi connectivity index (χ0) is 14.1. The summed E-state index contributed by atoms with van der Waals surface area (Å²) in [4.78, 5) is 5.81. The van der Waals surface area contributed by atoms with Crippen LogP contribution in [-0.4, -0.2) is 9.38 Å². The third-order valence-electron chi connectivity index (χ3n) is 3.04. The number of halogens is 1. The van der Waals surface area contributed by atoms with E-state index in [-0.39, 0.29) is 0 Å². The quantitative estimate of drug-likeness (QED) is 0.583. The second-order valence-electron chi connectivity index (χ2n) is 4.66. The molecule has 3 nitrogen and oxygen atoms in total. The molecule has 0 aliphatic rings. The Balaban J connectivity index is 1.79. The van der Waals surface area contributed by atoms with Gasteiger partial charge in [-0.25, -0.2) is 4.98 Å². The number of imidazole rings is 1. The molecule has 0 saturated carbocycles. The largest absolute Gasteiger partial charge is 0.399 e. The molecule has 0 spiro atoms. The molecule has 1 aromatic carbocycles. The summed E-state index contributed by atoms with van der Waals surface area (Å²) in [5.41, 5.74) is 9.71. The summed E-state index contributed by atoms with van der Waals surface area (Å²) in [7, 11) is 0. The Morgan fingerprint density at radius 1 is 1.25 bits per heavy atom. The topological polar surface area (TPSA) is 43.3 Å². The van der Waals surface area contributed by atoms with Gasteiger partial charge in [-0.1, -0.05) is 11.6 Å². The van der Waals surface area contributed by atoms with Crippen molar-refractivity contribution in [3.8, 4) is 0 Å². The van der Waals surface area contributed by atoms with E-state index in [1.807, 2.05) is 41.1 Å². The van der Waals surface area contributed by atoms with Gasteiger partial charge in [0, 0.05) is 28.7 Å². The number of rotatable bonds is 3. The fourth-order valence-electron chi connectivity index (χ4n) is 2.07. The van der Waals surface area contributed by atoms with E-state index in [4.69, 9.17) is 17.3 Å². The minimum absolute atomic E-state index is 0.712. The van der Waals surface area contributed by atoms with E-state index in [1.54, 1.807) is 11.8 Å². The molecule has 5 heteroatoms. The maximum absolute atomic E-state index is 5.97. The van der Waals surface area contributed by atoms with E-state index in [9.17, 15) is 0 Å². The van der Waals surface area contributed by atoms with Crippen LogP contribution in [0.1, 0.15) is 11.3 Å². The number of nitrogen functional groups attached to an aromatic ring is 1. The number of thioether (sulfide) groups is 1. The Morgan fingerprint density at radius 2 is 2.10 bits per heavy atom. The molecule has 3 aromatic rings. The SMILES string of the molecule is Cc1cc(N)ccc1SCc1cn2cc(Cl)ccc2n1. The first-order valence-corrected chi connectivity index (χ1v) is 7.60. The third-order valence-corrected chi connectivity index (χ3v) is 4.47. The van der Waals surface area contributed by atoms with Gasteiger partial charge in [0.1, 0.15) is 5.65 Å². The Morgan fingerprint density at radius 3 is 2.90 bits per heavy atom. The first-order chi connectivity index (χ1) is 9.61. The van der Waals surface area contributed by atoms with E-state index in [0.717, 1.165) is 22.8 Å². The molecule has 20 heavy (non-hydrogen) atoms. The highest BCUT2D eigenvalue weighted by atomic mass is 35.5. The van der Waals surface area contributed by atoms with Crippen molar-refractivity contribution in [3.63, 3.8) is 0 Å². The van der Waals surface area contributed by atoms with E-state index < -0.39 is 0 Å². The number of aryl methyl sites for hydroxylation is 1. The smallest absolute Gasteiger partial charge is 0.137 e. The monoisotopic (exact) mass is 303 g/mol. The number of pyridine rings is 1. The van der Waals surface area contributed by atoms with Crippen molar-refractivity contribution < 1.29 is 0 Å². The zero-order valence-corrected chi connectivity index (χ0v) is 12.6. The van der Waals surface area contributed by atoms with Crippen LogP contribution < -0.4 is 5.73 Å². The van der Waals surface area contributed by atoms with Crippen molar-refractivity contribution in [2.24, 2.45) is 0 Å². The van der Waals surface area contributed by atoms with E-state index in [1.165, 1.54) is 10.5 Å². The molecule has 0 amide bonds. The molecule has 2 heterocycles. The van der Waals surface area contributed by atoms with Crippen molar-refractivity contribution in [3.05, 3.63) is 59.0 Å². The fraction of sp³-hybridized carbons (Fsp3) is 0.133. The Hall–Kier alpha value is -1.65. The van der Waals surface area contributed by atoms with Gasteiger partial charge in [0.15, 0.2) is 0 Å². The normalized spacial score (nSPS) is 11.1. The predicted molar refractivity (Wildman–Crippen MR) is 85.4 cm³/mol. The summed E-state index contributed by atoms with van der Waals surface area (Å²) >= 11 is 7.73. The molecule has 0 fully saturated rings. The van der Waals surface area contributed by atoms with E-state index in [0.29, 0.717) is 5.02 Å². The average molecular weight is 304 g/mol. The molecule has 0 unspecified atom stereocenters. The number of fused-ring (bicyclic) bond motifs is 1. The van der Waals surface area contributed by atoms with Gasteiger partial charge >= 0.3 is 0 Å². The maximum atomic E-state index is 5.97. The average Bonchev–Trinajstić information content (AvgIpc) is 2.79. The third kappa shape index (κ3) is 2.76. The highest BCUT2D eigenvalue weighted by Crippen LogP contribution is 2.27. The molecule has 0 bridgehead atoms. The summed E-state index contributed by atoms with van der Waals surface area (Å²) in [5.74, 6) is 0.823. The lowest BCUT2D eigenvalue weighted by Crippen LogP contribution is -1.88. The summed E-state index contributed by atoms with van der Waals surface area (Å²) in [6.45, 7) is 2.07. The molecule has 0 aliphatic carbocycles. The summed E-state index contributed by atoms with van der Waals surface area (Å²) < 4.78 is 1.95. The lowest BCUT2D eigenvalue weighted by molar-refractivity contribution is 1.18. The molecule has 2 aromatic heterocycles. The lowest BCUT2D eigenvalue weighted by Gasteiger charge is -2.04. The predicted octanol–water partition coefficient (Wildman–Crippen LogP) is 4.17. The number of nitrogens with two attached hydrogens (primary N) is 1. The highest BCUT2D eigenvalue weighted by molar-refractivity contribution is 7.98. The molecular formula is C15H14ClN3S. The number of aromatic nitrogens is 2. The van der Waals surface area contributed by atoms with Crippen molar-refractivity contribution >= 4 is 34.7 Å². The molecule has 0 saturated heterocycles. The molecule has 0 aliphatic heterocycles. The Labute approximate surface area is 126 Å². The van der Waals surface area contributed by atoms with Crippen LogP contribution in [0.15, 0.2) is 47.6 Å². The Kier molecular flexibility index (Phi) is 3.59. The standard InChI is InChI=1S/C15H14ClN3S/c1-10-6-12(17)3-4-14(10)20-9-13-8-19-7-11(16)2-5-15(19)18-13/h2-8H,9,17H2,1H3. The first-order valence-electron chi connectivity index (χ1n) is 6.24. The molecule has 2 N–H and O–H groups in total. The second-order valence-corrected chi connectivity index (χ2v) is 6.11.